The van der Waals surface area contributed by atoms with Crippen LogP contribution in [0.4, 0.5) is 4.39 Å². The first-order valence-electron chi connectivity index (χ1n) is 2.96. The van der Waals surface area contributed by atoms with Crippen LogP contribution >= 0.6 is 0 Å². The van der Waals surface area contributed by atoms with E-state index in [1.165, 1.54) is 18.2 Å². The molecule has 0 saturated carbocycles. The molecule has 0 atom stereocenters. The van der Waals surface area contributed by atoms with E-state index < -0.39 is 16.5 Å². The van der Waals surface area contributed by atoms with Crippen molar-refractivity contribution in [2.24, 2.45) is 0 Å². The molecule has 0 fully saturated rings. The van der Waals surface area contributed by atoms with Gasteiger partial charge in [-0.25, -0.2) is 12.8 Å². The van der Waals surface area contributed by atoms with Crippen LogP contribution in [0.2, 0.25) is 0 Å². The van der Waals surface area contributed by atoms with Crippen molar-refractivity contribution >= 4 is 10.7 Å². The Kier molecular flexibility index (Phi) is 2.59. The maximum atomic E-state index is 12.2. The number of hydrogen-bond acceptors (Lipinski definition) is 2. The highest BCUT2D eigenvalue weighted by atomic mass is 32.2. The smallest absolute Gasteiger partial charge is 0.144 e. The normalized spacial score (nSPS) is 10.4. The molecule has 0 bridgehead atoms. The van der Waals surface area contributed by atoms with Crippen molar-refractivity contribution in [2.75, 3.05) is 0 Å². The van der Waals surface area contributed by atoms with Gasteiger partial charge in [0.25, 0.3) is 0 Å². The highest BCUT2D eigenvalue weighted by molar-refractivity contribution is 7.71. The largest absolute Gasteiger partial charge is 0.232 e. The highest BCUT2D eigenvalue weighted by Gasteiger charge is 1.94. The maximum Gasteiger partial charge on any atom is 0.144 e. The fourth-order valence-corrected chi connectivity index (χ4v) is 1.18. The van der Waals surface area contributed by atoms with Gasteiger partial charge in [0.05, 0.1) is 5.75 Å². The topological polar surface area (TPSA) is 34.1 Å². The van der Waals surface area contributed by atoms with Gasteiger partial charge in [-0.05, 0) is 17.7 Å². The van der Waals surface area contributed by atoms with Gasteiger partial charge in [-0.2, -0.15) is 0 Å². The van der Waals surface area contributed by atoms with Gasteiger partial charge in [0.2, 0.25) is 0 Å². The van der Waals surface area contributed by atoms with Crippen molar-refractivity contribution in [1.82, 2.24) is 0 Å². The molecular formula is C7H6FO2S. The molecule has 0 aliphatic rings. The average molecular weight is 173 g/mol. The molecule has 11 heavy (non-hydrogen) atoms. The Hall–Kier alpha value is -0.900. The minimum Gasteiger partial charge on any atom is -0.232 e. The quantitative estimate of drug-likeness (QED) is 0.669. The molecule has 59 valence electrons. The van der Waals surface area contributed by atoms with E-state index in [-0.39, 0.29) is 5.75 Å². The van der Waals surface area contributed by atoms with Gasteiger partial charge >= 0.3 is 0 Å². The number of halogens is 1. The van der Waals surface area contributed by atoms with E-state index in [2.05, 4.69) is 6.07 Å². The molecule has 2 nitrogen and oxygen atoms in total. The second kappa shape index (κ2) is 3.48. The molecule has 0 N–H and O–H groups in total. The minimum absolute atomic E-state index is 0.0495. The van der Waals surface area contributed by atoms with Crippen LogP contribution in [0, 0.1) is 11.9 Å². The van der Waals surface area contributed by atoms with Crippen LogP contribution in [0.25, 0.3) is 0 Å². The third kappa shape index (κ3) is 2.67. The molecule has 1 radical (unpaired) electrons. The summed E-state index contributed by atoms with van der Waals surface area (Å²) in [5.41, 5.74) is 0.558. The highest BCUT2D eigenvalue weighted by Crippen LogP contribution is 2.02. The molecule has 1 aromatic carbocycles. The fraction of sp³-hybridized carbons (Fsp3) is 0.143. The van der Waals surface area contributed by atoms with E-state index >= 15 is 0 Å². The summed E-state index contributed by atoms with van der Waals surface area (Å²) in [6.45, 7) is 0. The van der Waals surface area contributed by atoms with E-state index in [0.29, 0.717) is 5.56 Å². The van der Waals surface area contributed by atoms with Gasteiger partial charge in [0.1, 0.15) is 16.5 Å². The predicted molar refractivity (Wildman–Crippen MR) is 39.3 cm³/mol. The first kappa shape index (κ1) is 8.20. The Bertz CT molecular complexity index is 295. The summed E-state index contributed by atoms with van der Waals surface area (Å²) in [5.74, 6) is -0.526. The van der Waals surface area contributed by atoms with Gasteiger partial charge in [-0.3, -0.25) is 0 Å². The lowest BCUT2D eigenvalue weighted by Gasteiger charge is -1.91. The number of benzene rings is 1. The molecule has 0 saturated heterocycles. The molecule has 4 heteroatoms. The van der Waals surface area contributed by atoms with Crippen LogP contribution < -0.4 is 0 Å². The van der Waals surface area contributed by atoms with Crippen molar-refractivity contribution in [3.63, 3.8) is 0 Å². The van der Waals surface area contributed by atoms with Crippen molar-refractivity contribution in [2.45, 2.75) is 5.75 Å². The van der Waals surface area contributed by atoms with E-state index in [9.17, 15) is 12.8 Å². The molecular weight excluding hydrogens is 167 g/mol. The minimum atomic E-state index is -2.43. The van der Waals surface area contributed by atoms with Crippen molar-refractivity contribution in [1.29, 1.82) is 0 Å². The number of rotatable bonds is 2. The van der Waals surface area contributed by atoms with Crippen molar-refractivity contribution in [3.8, 4) is 0 Å². The summed E-state index contributed by atoms with van der Waals surface area (Å²) in [6.07, 6.45) is 0. The number of hydrogen-bond donors (Lipinski definition) is 1. The number of thiol groups is 1. The molecule has 0 heterocycles. The lowest BCUT2D eigenvalue weighted by Crippen LogP contribution is -1.86. The van der Waals surface area contributed by atoms with Crippen molar-refractivity contribution < 1.29 is 12.8 Å². The van der Waals surface area contributed by atoms with Crippen LogP contribution in [-0.4, -0.2) is 8.42 Å². The zero-order valence-electron chi connectivity index (χ0n) is 5.58. The van der Waals surface area contributed by atoms with Gasteiger partial charge in [-0.1, -0.05) is 6.07 Å². The van der Waals surface area contributed by atoms with E-state index in [1.54, 1.807) is 0 Å². The van der Waals surface area contributed by atoms with Crippen LogP contribution in [0.5, 0.6) is 0 Å². The Balaban J connectivity index is 2.82. The Labute approximate surface area is 65.6 Å². The summed E-state index contributed by atoms with van der Waals surface area (Å²) >= 11 is 0. The zero-order valence-corrected chi connectivity index (χ0v) is 6.48. The van der Waals surface area contributed by atoms with Gasteiger partial charge in [0.15, 0.2) is 0 Å². The molecule has 0 aliphatic heterocycles. The SMILES string of the molecule is O=[SH](=O)Cc1c[c]c(F)cc1. The fourth-order valence-electron chi connectivity index (χ4n) is 0.685. The van der Waals surface area contributed by atoms with Gasteiger partial charge in [-0.15, -0.1) is 0 Å². The maximum absolute atomic E-state index is 12.2. The molecule has 0 aromatic heterocycles. The lowest BCUT2D eigenvalue weighted by atomic mass is 10.2. The van der Waals surface area contributed by atoms with Crippen LogP contribution in [0.3, 0.4) is 0 Å². The molecule has 0 aliphatic carbocycles. The average Bonchev–Trinajstić information content (AvgIpc) is 1.93. The molecule has 0 amide bonds. The zero-order chi connectivity index (χ0) is 8.27. The summed E-state index contributed by atoms with van der Waals surface area (Å²) in [6, 6.07) is 6.22. The molecule has 0 spiro atoms. The lowest BCUT2D eigenvalue weighted by molar-refractivity contribution is 0.612. The Morgan fingerprint density at radius 2 is 2.18 bits per heavy atom. The summed E-state index contributed by atoms with van der Waals surface area (Å²) < 4.78 is 32.6. The van der Waals surface area contributed by atoms with Crippen LogP contribution in [0.15, 0.2) is 18.2 Å². The second-order valence-electron chi connectivity index (χ2n) is 2.04. The molecule has 0 unspecified atom stereocenters. The van der Waals surface area contributed by atoms with Crippen LogP contribution in [0.1, 0.15) is 5.56 Å². The Morgan fingerprint density at radius 1 is 1.45 bits per heavy atom. The summed E-state index contributed by atoms with van der Waals surface area (Å²) in [7, 11) is -2.43. The summed E-state index contributed by atoms with van der Waals surface area (Å²) in [4.78, 5) is 0. The van der Waals surface area contributed by atoms with E-state index in [1.807, 2.05) is 0 Å². The van der Waals surface area contributed by atoms with Gasteiger partial charge in [0, 0.05) is 6.07 Å². The third-order valence-electron chi connectivity index (χ3n) is 1.15. The first-order valence-corrected chi connectivity index (χ1v) is 4.32. The standard InChI is InChI=1S/C7H6FO2S/c8-7-3-1-6(2-4-7)5-11(9)10/h1-3,11H,5H2. The molecule has 1 rings (SSSR count). The monoisotopic (exact) mass is 173 g/mol. The van der Waals surface area contributed by atoms with Gasteiger partial charge < -0.3 is 0 Å². The molecule has 1 aromatic rings. The summed E-state index contributed by atoms with van der Waals surface area (Å²) in [5, 5.41) is 0. The Morgan fingerprint density at radius 3 is 2.64 bits per heavy atom. The second-order valence-corrected chi connectivity index (χ2v) is 3.02. The van der Waals surface area contributed by atoms with Crippen molar-refractivity contribution in [3.05, 3.63) is 35.6 Å². The first-order chi connectivity index (χ1) is 5.18. The predicted octanol–water partition coefficient (Wildman–Crippen LogP) is 0.737. The van der Waals surface area contributed by atoms with Crippen LogP contribution in [-0.2, 0) is 16.5 Å². The van der Waals surface area contributed by atoms with E-state index in [0.717, 1.165) is 0 Å². The van der Waals surface area contributed by atoms with E-state index in [4.69, 9.17) is 0 Å². The third-order valence-corrected chi connectivity index (χ3v) is 1.77.